The van der Waals surface area contributed by atoms with E-state index in [1.54, 1.807) is 6.92 Å². The molecule has 1 N–H and O–H groups in total. The fourth-order valence-corrected chi connectivity index (χ4v) is 1.25. The second-order valence-corrected chi connectivity index (χ2v) is 3.00. The first kappa shape index (κ1) is 6.93. The standard InChI is InChI=1S/C6H10F2O/c1-6(9)2-4(3-6)5(7)8/h4-5,9H,2-3H2,1H3. The summed E-state index contributed by atoms with van der Waals surface area (Å²) in [6.07, 6.45) is -1.74. The van der Waals surface area contributed by atoms with Gasteiger partial charge in [0.15, 0.2) is 0 Å². The lowest BCUT2D eigenvalue weighted by Crippen LogP contribution is -2.43. The third-order valence-corrected chi connectivity index (χ3v) is 1.76. The van der Waals surface area contributed by atoms with Gasteiger partial charge in [-0.25, -0.2) is 8.78 Å². The van der Waals surface area contributed by atoms with Gasteiger partial charge in [-0.15, -0.1) is 0 Å². The molecular weight excluding hydrogens is 126 g/mol. The first-order chi connectivity index (χ1) is 4.01. The number of alkyl halides is 2. The molecule has 0 atom stereocenters. The van der Waals surface area contributed by atoms with Crippen LogP contribution in [0.3, 0.4) is 0 Å². The SMILES string of the molecule is CC1(O)CC(C(F)F)C1. The Bertz CT molecular complexity index is 104. The summed E-state index contributed by atoms with van der Waals surface area (Å²) < 4.78 is 23.4. The molecule has 1 aliphatic rings. The Morgan fingerprint density at radius 1 is 1.56 bits per heavy atom. The van der Waals surface area contributed by atoms with E-state index in [0.717, 1.165) is 0 Å². The van der Waals surface area contributed by atoms with Crippen molar-refractivity contribution in [3.05, 3.63) is 0 Å². The van der Waals surface area contributed by atoms with Gasteiger partial charge in [0.05, 0.1) is 5.60 Å². The van der Waals surface area contributed by atoms with E-state index in [4.69, 9.17) is 5.11 Å². The van der Waals surface area contributed by atoms with Crippen molar-refractivity contribution in [1.29, 1.82) is 0 Å². The highest BCUT2D eigenvalue weighted by Gasteiger charge is 2.42. The van der Waals surface area contributed by atoms with Crippen molar-refractivity contribution in [2.24, 2.45) is 5.92 Å². The van der Waals surface area contributed by atoms with E-state index < -0.39 is 17.9 Å². The van der Waals surface area contributed by atoms with E-state index in [0.29, 0.717) is 0 Å². The highest BCUT2D eigenvalue weighted by Crippen LogP contribution is 2.40. The molecule has 0 radical (unpaired) electrons. The summed E-state index contributed by atoms with van der Waals surface area (Å²) in [5, 5.41) is 9.00. The van der Waals surface area contributed by atoms with Gasteiger partial charge in [-0.3, -0.25) is 0 Å². The quantitative estimate of drug-likeness (QED) is 0.577. The predicted molar refractivity (Wildman–Crippen MR) is 29.4 cm³/mol. The lowest BCUT2D eigenvalue weighted by atomic mass is 9.72. The van der Waals surface area contributed by atoms with Crippen molar-refractivity contribution in [3.8, 4) is 0 Å². The van der Waals surface area contributed by atoms with Gasteiger partial charge in [-0.2, -0.15) is 0 Å². The summed E-state index contributed by atoms with van der Waals surface area (Å²) in [6.45, 7) is 1.59. The molecule has 0 saturated heterocycles. The molecule has 54 valence electrons. The molecule has 1 fully saturated rings. The highest BCUT2D eigenvalue weighted by atomic mass is 19.3. The van der Waals surface area contributed by atoms with E-state index in [9.17, 15) is 8.78 Å². The molecule has 0 aliphatic heterocycles. The van der Waals surface area contributed by atoms with Gasteiger partial charge >= 0.3 is 0 Å². The van der Waals surface area contributed by atoms with E-state index in [2.05, 4.69) is 0 Å². The molecular formula is C6H10F2O. The third kappa shape index (κ3) is 1.39. The lowest BCUT2D eigenvalue weighted by molar-refractivity contribution is -0.109. The Hall–Kier alpha value is -0.180. The van der Waals surface area contributed by atoms with Crippen LogP contribution < -0.4 is 0 Å². The average Bonchev–Trinajstić information content (AvgIpc) is 1.59. The minimum Gasteiger partial charge on any atom is -0.390 e. The molecule has 0 spiro atoms. The second-order valence-electron chi connectivity index (χ2n) is 3.00. The number of halogens is 2. The molecule has 0 aromatic carbocycles. The largest absolute Gasteiger partial charge is 0.390 e. The van der Waals surface area contributed by atoms with Gasteiger partial charge in [-0.05, 0) is 19.8 Å². The molecule has 0 aromatic heterocycles. The van der Waals surface area contributed by atoms with Gasteiger partial charge in [0, 0.05) is 5.92 Å². The van der Waals surface area contributed by atoms with E-state index in [1.807, 2.05) is 0 Å². The zero-order valence-corrected chi connectivity index (χ0v) is 5.27. The highest BCUT2D eigenvalue weighted by molar-refractivity contribution is 4.91. The number of aliphatic hydroxyl groups is 1. The van der Waals surface area contributed by atoms with Gasteiger partial charge in [-0.1, -0.05) is 0 Å². The summed E-state index contributed by atoms with van der Waals surface area (Å²) in [5.74, 6) is -0.556. The molecule has 1 rings (SSSR count). The van der Waals surface area contributed by atoms with Gasteiger partial charge in [0.2, 0.25) is 6.43 Å². The smallest absolute Gasteiger partial charge is 0.241 e. The van der Waals surface area contributed by atoms with Crippen molar-refractivity contribution in [1.82, 2.24) is 0 Å². The van der Waals surface area contributed by atoms with Crippen LogP contribution in [0.25, 0.3) is 0 Å². The zero-order chi connectivity index (χ0) is 7.07. The summed E-state index contributed by atoms with van der Waals surface area (Å²) in [4.78, 5) is 0. The van der Waals surface area contributed by atoms with E-state index in [1.165, 1.54) is 0 Å². The molecule has 9 heavy (non-hydrogen) atoms. The van der Waals surface area contributed by atoms with Crippen LogP contribution in [0.4, 0.5) is 8.78 Å². The van der Waals surface area contributed by atoms with E-state index >= 15 is 0 Å². The van der Waals surface area contributed by atoms with Gasteiger partial charge in [0.1, 0.15) is 0 Å². The summed E-state index contributed by atoms with van der Waals surface area (Å²) in [6, 6.07) is 0. The van der Waals surface area contributed by atoms with Crippen LogP contribution in [0.15, 0.2) is 0 Å². The first-order valence-corrected chi connectivity index (χ1v) is 3.02. The lowest BCUT2D eigenvalue weighted by Gasteiger charge is -2.40. The van der Waals surface area contributed by atoms with Crippen LogP contribution in [0.1, 0.15) is 19.8 Å². The summed E-state index contributed by atoms with van der Waals surface area (Å²) >= 11 is 0. The van der Waals surface area contributed by atoms with Crippen LogP contribution in [-0.4, -0.2) is 17.1 Å². The number of rotatable bonds is 1. The molecule has 0 aromatic rings. The minimum atomic E-state index is -2.25. The van der Waals surface area contributed by atoms with Crippen LogP contribution >= 0.6 is 0 Å². The molecule has 0 amide bonds. The molecule has 0 bridgehead atoms. The van der Waals surface area contributed by atoms with Crippen molar-refractivity contribution in [2.45, 2.75) is 31.8 Å². The molecule has 1 aliphatic carbocycles. The normalized spacial score (nSPS) is 43.0. The fraction of sp³-hybridized carbons (Fsp3) is 1.00. The Kier molecular flexibility index (Phi) is 1.47. The maximum absolute atomic E-state index is 11.7. The van der Waals surface area contributed by atoms with Crippen LogP contribution in [0.2, 0.25) is 0 Å². The summed E-state index contributed by atoms with van der Waals surface area (Å²) in [7, 11) is 0. The third-order valence-electron chi connectivity index (χ3n) is 1.76. The predicted octanol–water partition coefficient (Wildman–Crippen LogP) is 1.41. The first-order valence-electron chi connectivity index (χ1n) is 3.02. The molecule has 1 nitrogen and oxygen atoms in total. The van der Waals surface area contributed by atoms with E-state index in [-0.39, 0.29) is 12.8 Å². The van der Waals surface area contributed by atoms with Crippen LogP contribution in [-0.2, 0) is 0 Å². The number of hydrogen-bond acceptors (Lipinski definition) is 1. The Morgan fingerprint density at radius 2 is 2.00 bits per heavy atom. The van der Waals surface area contributed by atoms with Crippen molar-refractivity contribution in [2.75, 3.05) is 0 Å². The Labute approximate surface area is 52.7 Å². The van der Waals surface area contributed by atoms with Crippen molar-refractivity contribution >= 4 is 0 Å². The maximum Gasteiger partial charge on any atom is 0.241 e. The molecule has 1 saturated carbocycles. The van der Waals surface area contributed by atoms with Crippen LogP contribution in [0, 0.1) is 5.92 Å². The van der Waals surface area contributed by atoms with Crippen molar-refractivity contribution in [3.63, 3.8) is 0 Å². The summed E-state index contributed by atoms with van der Waals surface area (Å²) in [5.41, 5.74) is -0.804. The maximum atomic E-state index is 11.7. The minimum absolute atomic E-state index is 0.255. The molecule has 0 unspecified atom stereocenters. The van der Waals surface area contributed by atoms with Crippen molar-refractivity contribution < 1.29 is 13.9 Å². The monoisotopic (exact) mass is 136 g/mol. The second kappa shape index (κ2) is 1.90. The average molecular weight is 136 g/mol. The number of hydrogen-bond donors (Lipinski definition) is 1. The molecule has 3 heteroatoms. The van der Waals surface area contributed by atoms with Crippen LogP contribution in [0.5, 0.6) is 0 Å². The molecule has 0 heterocycles. The topological polar surface area (TPSA) is 20.2 Å². The van der Waals surface area contributed by atoms with Gasteiger partial charge < -0.3 is 5.11 Å². The Morgan fingerprint density at radius 3 is 2.11 bits per heavy atom. The van der Waals surface area contributed by atoms with Gasteiger partial charge in [0.25, 0.3) is 0 Å². The Balaban J connectivity index is 2.27. The fourth-order valence-electron chi connectivity index (χ4n) is 1.25. The zero-order valence-electron chi connectivity index (χ0n) is 5.27.